The molecule has 3 aromatic heterocycles. The minimum absolute atomic E-state index is 0.00997. The molecule has 3 aromatic rings. The highest BCUT2D eigenvalue weighted by molar-refractivity contribution is 7.89. The second-order valence-corrected chi connectivity index (χ2v) is 7.72. The fourth-order valence-corrected chi connectivity index (χ4v) is 5.24. The van der Waals surface area contributed by atoms with E-state index in [2.05, 4.69) is 9.97 Å². The van der Waals surface area contributed by atoms with Crippen LogP contribution in [0.1, 0.15) is 5.82 Å². The molecule has 0 saturated carbocycles. The molecule has 0 amide bonds. The summed E-state index contributed by atoms with van der Waals surface area (Å²) in [7, 11) is -3.71. The minimum atomic E-state index is -3.71. The number of thiazole rings is 1. The van der Waals surface area contributed by atoms with Crippen molar-refractivity contribution in [2.24, 2.45) is 0 Å². The maximum Gasteiger partial charge on any atom is 0.262 e. The number of hydrogen-bond acceptors (Lipinski definition) is 5. The molecular formula is C11H10ClN5O2S2. The van der Waals surface area contributed by atoms with E-state index < -0.39 is 10.0 Å². The second kappa shape index (κ2) is 4.54. The SMILES string of the molecule is O=S(=O)(c1c(Cl)nc2sccn12)N1CCn2ccnc2C1. The van der Waals surface area contributed by atoms with Crippen LogP contribution < -0.4 is 0 Å². The van der Waals surface area contributed by atoms with Crippen molar-refractivity contribution < 1.29 is 8.42 Å². The molecule has 0 atom stereocenters. The molecule has 21 heavy (non-hydrogen) atoms. The monoisotopic (exact) mass is 343 g/mol. The number of sulfonamides is 1. The third-order valence-corrected chi connectivity index (χ3v) is 6.47. The zero-order valence-corrected chi connectivity index (χ0v) is 13.1. The normalized spacial score (nSPS) is 16.4. The van der Waals surface area contributed by atoms with Gasteiger partial charge in [-0.25, -0.2) is 18.4 Å². The maximum atomic E-state index is 12.9. The predicted octanol–water partition coefficient (Wildman–Crippen LogP) is 1.45. The third kappa shape index (κ3) is 1.92. The topological polar surface area (TPSA) is 72.5 Å². The van der Waals surface area contributed by atoms with Crippen molar-refractivity contribution in [3.63, 3.8) is 0 Å². The van der Waals surface area contributed by atoms with Gasteiger partial charge in [-0.15, -0.1) is 11.3 Å². The molecule has 110 valence electrons. The Morgan fingerprint density at radius 2 is 2.14 bits per heavy atom. The number of hydrogen-bond donors (Lipinski definition) is 0. The Morgan fingerprint density at radius 3 is 3.00 bits per heavy atom. The Bertz CT molecular complexity index is 926. The van der Waals surface area contributed by atoms with Gasteiger partial charge in [0.2, 0.25) is 0 Å². The lowest BCUT2D eigenvalue weighted by atomic mass is 10.4. The first kappa shape index (κ1) is 13.3. The number of imidazole rings is 2. The fraction of sp³-hybridized carbons (Fsp3) is 0.273. The quantitative estimate of drug-likeness (QED) is 0.706. The number of rotatable bonds is 2. The second-order valence-electron chi connectivity index (χ2n) is 4.64. The lowest BCUT2D eigenvalue weighted by Gasteiger charge is -2.26. The van der Waals surface area contributed by atoms with E-state index in [4.69, 9.17) is 11.6 Å². The van der Waals surface area contributed by atoms with Gasteiger partial charge in [0.15, 0.2) is 15.1 Å². The molecule has 0 aromatic carbocycles. The van der Waals surface area contributed by atoms with Crippen LogP contribution in [0.15, 0.2) is 29.0 Å². The lowest BCUT2D eigenvalue weighted by molar-refractivity contribution is 0.334. The van der Waals surface area contributed by atoms with Gasteiger partial charge in [-0.05, 0) is 0 Å². The highest BCUT2D eigenvalue weighted by Gasteiger charge is 2.34. The summed E-state index contributed by atoms with van der Waals surface area (Å²) in [6, 6.07) is 0. The number of nitrogens with zero attached hydrogens (tertiary/aromatic N) is 5. The molecule has 0 radical (unpaired) electrons. The summed E-state index contributed by atoms with van der Waals surface area (Å²) in [4.78, 5) is 8.84. The van der Waals surface area contributed by atoms with E-state index >= 15 is 0 Å². The first-order valence-electron chi connectivity index (χ1n) is 6.18. The van der Waals surface area contributed by atoms with Gasteiger partial charge < -0.3 is 4.57 Å². The van der Waals surface area contributed by atoms with Crippen molar-refractivity contribution in [1.82, 2.24) is 23.2 Å². The van der Waals surface area contributed by atoms with E-state index in [0.29, 0.717) is 18.1 Å². The van der Waals surface area contributed by atoms with E-state index in [9.17, 15) is 8.42 Å². The molecule has 1 aliphatic heterocycles. The molecule has 0 bridgehead atoms. The molecule has 0 N–H and O–H groups in total. The average Bonchev–Trinajstić information content (AvgIpc) is 3.11. The Kier molecular flexibility index (Phi) is 2.86. The summed E-state index contributed by atoms with van der Waals surface area (Å²) >= 11 is 7.38. The molecule has 4 rings (SSSR count). The van der Waals surface area contributed by atoms with Crippen LogP contribution in [0.4, 0.5) is 0 Å². The van der Waals surface area contributed by atoms with Gasteiger partial charge in [-0.2, -0.15) is 4.31 Å². The van der Waals surface area contributed by atoms with E-state index in [1.807, 2.05) is 10.8 Å². The zero-order chi connectivity index (χ0) is 14.6. The number of fused-ring (bicyclic) bond motifs is 2. The molecule has 0 unspecified atom stereocenters. The molecular weight excluding hydrogens is 334 g/mol. The van der Waals surface area contributed by atoms with Crippen molar-refractivity contribution in [3.8, 4) is 0 Å². The fourth-order valence-electron chi connectivity index (χ4n) is 2.45. The van der Waals surface area contributed by atoms with Gasteiger partial charge in [0.25, 0.3) is 10.0 Å². The summed E-state index contributed by atoms with van der Waals surface area (Å²) < 4.78 is 30.6. The summed E-state index contributed by atoms with van der Waals surface area (Å²) in [6.07, 6.45) is 5.19. The van der Waals surface area contributed by atoms with Crippen LogP contribution >= 0.6 is 22.9 Å². The molecule has 0 spiro atoms. The molecule has 0 saturated heterocycles. The van der Waals surface area contributed by atoms with Gasteiger partial charge >= 0.3 is 0 Å². The summed E-state index contributed by atoms with van der Waals surface area (Å²) in [6.45, 7) is 1.21. The van der Waals surface area contributed by atoms with Crippen molar-refractivity contribution in [2.45, 2.75) is 18.1 Å². The van der Waals surface area contributed by atoms with Crippen LogP contribution in [-0.4, -0.2) is 38.2 Å². The van der Waals surface area contributed by atoms with Gasteiger partial charge in [-0.1, -0.05) is 11.6 Å². The zero-order valence-electron chi connectivity index (χ0n) is 10.7. The van der Waals surface area contributed by atoms with Crippen LogP contribution in [0.3, 0.4) is 0 Å². The van der Waals surface area contributed by atoms with Crippen LogP contribution in [0, 0.1) is 0 Å². The molecule has 4 heterocycles. The van der Waals surface area contributed by atoms with Crippen molar-refractivity contribution in [2.75, 3.05) is 6.54 Å². The van der Waals surface area contributed by atoms with Crippen molar-refractivity contribution >= 4 is 37.9 Å². The van der Waals surface area contributed by atoms with Gasteiger partial charge in [0.1, 0.15) is 5.82 Å². The first-order chi connectivity index (χ1) is 10.1. The van der Waals surface area contributed by atoms with Crippen LogP contribution in [0.25, 0.3) is 4.96 Å². The molecule has 7 nitrogen and oxygen atoms in total. The Balaban J connectivity index is 1.81. The molecule has 10 heteroatoms. The molecule has 1 aliphatic rings. The minimum Gasteiger partial charge on any atom is -0.333 e. The molecule has 0 fully saturated rings. The number of aromatic nitrogens is 4. The maximum absolute atomic E-state index is 12.9. The Morgan fingerprint density at radius 1 is 1.29 bits per heavy atom. The Hall–Kier alpha value is -1.42. The van der Waals surface area contributed by atoms with E-state index in [-0.39, 0.29) is 16.7 Å². The summed E-state index contributed by atoms with van der Waals surface area (Å²) in [5.41, 5.74) is 0. The summed E-state index contributed by atoms with van der Waals surface area (Å²) in [5, 5.41) is 1.82. The van der Waals surface area contributed by atoms with E-state index in [1.54, 1.807) is 17.8 Å². The standard InChI is InChI=1S/C11H10ClN5O2S2/c12-9-10(17-5-6-20-11(17)14-9)21(18,19)16-4-3-15-2-1-13-8(15)7-16/h1-2,5-6H,3-4,7H2. The molecule has 0 aliphatic carbocycles. The number of halogens is 1. The highest BCUT2D eigenvalue weighted by atomic mass is 35.5. The smallest absolute Gasteiger partial charge is 0.262 e. The van der Waals surface area contributed by atoms with Crippen molar-refractivity contribution in [1.29, 1.82) is 0 Å². The van der Waals surface area contributed by atoms with Crippen LogP contribution in [0.2, 0.25) is 5.15 Å². The third-order valence-electron chi connectivity index (χ3n) is 3.47. The summed E-state index contributed by atoms with van der Waals surface area (Å²) in [5.74, 6) is 0.729. The van der Waals surface area contributed by atoms with Gasteiger partial charge in [0.05, 0.1) is 6.54 Å². The predicted molar refractivity (Wildman–Crippen MR) is 77.9 cm³/mol. The van der Waals surface area contributed by atoms with Crippen molar-refractivity contribution in [3.05, 3.63) is 34.9 Å². The van der Waals surface area contributed by atoms with E-state index in [1.165, 1.54) is 20.0 Å². The Labute approximate surface area is 129 Å². The average molecular weight is 344 g/mol. The van der Waals surface area contributed by atoms with Crippen LogP contribution in [0.5, 0.6) is 0 Å². The first-order valence-corrected chi connectivity index (χ1v) is 8.88. The lowest BCUT2D eigenvalue weighted by Crippen LogP contribution is -2.38. The van der Waals surface area contributed by atoms with Gasteiger partial charge in [0, 0.05) is 37.1 Å². The van der Waals surface area contributed by atoms with E-state index in [0.717, 1.165) is 5.82 Å². The highest BCUT2D eigenvalue weighted by Crippen LogP contribution is 2.29. The van der Waals surface area contributed by atoms with Crippen LogP contribution in [-0.2, 0) is 23.1 Å². The largest absolute Gasteiger partial charge is 0.333 e. The van der Waals surface area contributed by atoms with Gasteiger partial charge in [-0.3, -0.25) is 4.40 Å².